The Bertz CT molecular complexity index is 1060. The molecule has 4 nitrogen and oxygen atoms in total. The van der Waals surface area contributed by atoms with Crippen molar-refractivity contribution in [3.8, 4) is 22.4 Å². The minimum absolute atomic E-state index is 0.111. The van der Waals surface area contributed by atoms with Crippen LogP contribution in [0.1, 0.15) is 5.56 Å². The first-order valence-electron chi connectivity index (χ1n) is 8.43. The fraction of sp³-hybridized carbons (Fsp3) is 0.0455. The largest absolute Gasteiger partial charge is 0.274 e. The van der Waals surface area contributed by atoms with E-state index in [2.05, 4.69) is 10.1 Å². The molecule has 0 radical (unpaired) electrons. The summed E-state index contributed by atoms with van der Waals surface area (Å²) in [6.45, 7) is 0.382. The highest BCUT2D eigenvalue weighted by atomic mass is 16.1. The van der Waals surface area contributed by atoms with Crippen LogP contribution in [0.15, 0.2) is 96.1 Å². The molecule has 0 aliphatic heterocycles. The SMILES string of the molecule is O=c1c(-c2ccccc2)cc(-c2ccccc2)nn1Cc1cccnc1. The number of aromatic nitrogens is 3. The first kappa shape index (κ1) is 16.0. The van der Waals surface area contributed by atoms with E-state index >= 15 is 0 Å². The first-order chi connectivity index (χ1) is 12.8. The first-order valence-corrected chi connectivity index (χ1v) is 8.43. The maximum atomic E-state index is 13.0. The van der Waals surface area contributed by atoms with Gasteiger partial charge in [-0.2, -0.15) is 5.10 Å². The Hall–Kier alpha value is -3.53. The summed E-state index contributed by atoms with van der Waals surface area (Å²) in [4.78, 5) is 17.2. The van der Waals surface area contributed by atoms with E-state index in [9.17, 15) is 4.79 Å². The quantitative estimate of drug-likeness (QED) is 0.564. The van der Waals surface area contributed by atoms with Gasteiger partial charge in [-0.15, -0.1) is 0 Å². The van der Waals surface area contributed by atoms with Gasteiger partial charge in [-0.05, 0) is 23.3 Å². The van der Waals surface area contributed by atoms with Crippen molar-refractivity contribution in [2.45, 2.75) is 6.54 Å². The molecular weight excluding hydrogens is 322 g/mol. The summed E-state index contributed by atoms with van der Waals surface area (Å²) in [5.41, 5.74) is 4.10. The summed E-state index contributed by atoms with van der Waals surface area (Å²) >= 11 is 0. The average molecular weight is 339 g/mol. The minimum atomic E-state index is -0.111. The lowest BCUT2D eigenvalue weighted by molar-refractivity contribution is 0.643. The molecule has 0 N–H and O–H groups in total. The molecule has 4 aromatic rings. The zero-order valence-corrected chi connectivity index (χ0v) is 14.1. The molecule has 4 heteroatoms. The second kappa shape index (κ2) is 7.15. The van der Waals surface area contributed by atoms with Gasteiger partial charge in [-0.3, -0.25) is 9.78 Å². The van der Waals surface area contributed by atoms with Crippen LogP contribution in [0.25, 0.3) is 22.4 Å². The Morgan fingerprint density at radius 1 is 0.808 bits per heavy atom. The minimum Gasteiger partial charge on any atom is -0.267 e. The molecule has 26 heavy (non-hydrogen) atoms. The number of rotatable bonds is 4. The molecule has 0 saturated heterocycles. The van der Waals surface area contributed by atoms with Crippen molar-refractivity contribution in [3.05, 3.63) is 107 Å². The summed E-state index contributed by atoms with van der Waals surface area (Å²) < 4.78 is 1.52. The molecule has 2 aromatic carbocycles. The molecule has 0 aliphatic carbocycles. The Morgan fingerprint density at radius 2 is 1.50 bits per heavy atom. The maximum absolute atomic E-state index is 13.0. The molecule has 0 saturated carbocycles. The van der Waals surface area contributed by atoms with Crippen LogP contribution in [0, 0.1) is 0 Å². The van der Waals surface area contributed by atoms with E-state index in [1.54, 1.807) is 12.4 Å². The van der Waals surface area contributed by atoms with E-state index in [0.29, 0.717) is 12.1 Å². The third-order valence-electron chi connectivity index (χ3n) is 4.18. The van der Waals surface area contributed by atoms with Crippen LogP contribution in [0.3, 0.4) is 0 Å². The topological polar surface area (TPSA) is 47.8 Å². The number of hydrogen-bond donors (Lipinski definition) is 0. The highest BCUT2D eigenvalue weighted by Crippen LogP contribution is 2.21. The molecule has 2 heterocycles. The maximum Gasteiger partial charge on any atom is 0.274 e. The molecule has 0 fully saturated rings. The van der Waals surface area contributed by atoms with Crippen molar-refractivity contribution in [3.63, 3.8) is 0 Å². The van der Waals surface area contributed by atoms with Gasteiger partial charge in [0, 0.05) is 18.0 Å². The zero-order valence-electron chi connectivity index (χ0n) is 14.1. The molecule has 0 aliphatic rings. The van der Waals surface area contributed by atoms with Crippen molar-refractivity contribution in [1.29, 1.82) is 0 Å². The number of hydrogen-bond acceptors (Lipinski definition) is 3. The van der Waals surface area contributed by atoms with E-state index in [1.807, 2.05) is 78.9 Å². The lowest BCUT2D eigenvalue weighted by Gasteiger charge is -2.11. The second-order valence-electron chi connectivity index (χ2n) is 6.00. The molecule has 0 amide bonds. The number of nitrogens with zero attached hydrogens (tertiary/aromatic N) is 3. The normalized spacial score (nSPS) is 10.6. The van der Waals surface area contributed by atoms with Crippen LogP contribution in [0.5, 0.6) is 0 Å². The van der Waals surface area contributed by atoms with E-state index in [-0.39, 0.29) is 5.56 Å². The van der Waals surface area contributed by atoms with Gasteiger partial charge in [-0.25, -0.2) is 4.68 Å². The van der Waals surface area contributed by atoms with Gasteiger partial charge >= 0.3 is 0 Å². The molecular formula is C22H17N3O. The highest BCUT2D eigenvalue weighted by Gasteiger charge is 2.12. The van der Waals surface area contributed by atoms with Gasteiger partial charge in [0.1, 0.15) is 0 Å². The molecule has 0 bridgehead atoms. The van der Waals surface area contributed by atoms with Crippen molar-refractivity contribution in [2.24, 2.45) is 0 Å². The van der Waals surface area contributed by atoms with Crippen molar-refractivity contribution in [1.82, 2.24) is 14.8 Å². The predicted octanol–water partition coefficient (Wildman–Crippen LogP) is 4.02. The Balaban J connectivity index is 1.89. The van der Waals surface area contributed by atoms with Gasteiger partial charge in [0.2, 0.25) is 0 Å². The van der Waals surface area contributed by atoms with E-state index in [4.69, 9.17) is 0 Å². The second-order valence-corrected chi connectivity index (χ2v) is 6.00. The van der Waals surface area contributed by atoms with Crippen molar-refractivity contribution in [2.75, 3.05) is 0 Å². The molecule has 126 valence electrons. The summed E-state index contributed by atoms with van der Waals surface area (Å²) in [7, 11) is 0. The van der Waals surface area contributed by atoms with Crippen molar-refractivity contribution < 1.29 is 0 Å². The molecule has 0 unspecified atom stereocenters. The van der Waals surface area contributed by atoms with Gasteiger partial charge in [0.15, 0.2) is 0 Å². The molecule has 0 spiro atoms. The van der Waals surface area contributed by atoms with E-state index in [0.717, 1.165) is 22.4 Å². The molecule has 0 atom stereocenters. The molecule has 4 rings (SSSR count). The standard InChI is InChI=1S/C22H17N3O/c26-22-20(18-9-3-1-4-10-18)14-21(19-11-5-2-6-12-19)24-25(22)16-17-8-7-13-23-15-17/h1-15H,16H2. The summed E-state index contributed by atoms with van der Waals surface area (Å²) in [6, 6.07) is 25.3. The van der Waals surface area contributed by atoms with Crippen LogP contribution >= 0.6 is 0 Å². The monoisotopic (exact) mass is 339 g/mol. The van der Waals surface area contributed by atoms with Gasteiger partial charge in [0.05, 0.1) is 17.8 Å². The fourth-order valence-corrected chi connectivity index (χ4v) is 2.89. The Labute approximate surface area is 151 Å². The Kier molecular flexibility index (Phi) is 4.39. The van der Waals surface area contributed by atoms with E-state index < -0.39 is 0 Å². The van der Waals surface area contributed by atoms with Crippen molar-refractivity contribution >= 4 is 0 Å². The van der Waals surface area contributed by atoms with Gasteiger partial charge < -0.3 is 0 Å². The van der Waals surface area contributed by atoms with Gasteiger partial charge in [-0.1, -0.05) is 66.7 Å². The van der Waals surface area contributed by atoms with Crippen LogP contribution in [0.2, 0.25) is 0 Å². The number of benzene rings is 2. The third kappa shape index (κ3) is 3.30. The lowest BCUT2D eigenvalue weighted by Crippen LogP contribution is -2.25. The third-order valence-corrected chi connectivity index (χ3v) is 4.18. The fourth-order valence-electron chi connectivity index (χ4n) is 2.89. The number of pyridine rings is 1. The van der Waals surface area contributed by atoms with Crippen LogP contribution in [-0.4, -0.2) is 14.8 Å². The van der Waals surface area contributed by atoms with Crippen LogP contribution in [0.4, 0.5) is 0 Å². The lowest BCUT2D eigenvalue weighted by atomic mass is 10.0. The zero-order chi connectivity index (χ0) is 17.8. The summed E-state index contributed by atoms with van der Waals surface area (Å²) in [5, 5.41) is 4.60. The summed E-state index contributed by atoms with van der Waals surface area (Å²) in [6.07, 6.45) is 3.47. The predicted molar refractivity (Wildman–Crippen MR) is 103 cm³/mol. The van der Waals surface area contributed by atoms with Crippen LogP contribution in [-0.2, 0) is 6.54 Å². The average Bonchev–Trinajstić information content (AvgIpc) is 2.71. The van der Waals surface area contributed by atoms with Gasteiger partial charge in [0.25, 0.3) is 5.56 Å². The smallest absolute Gasteiger partial charge is 0.267 e. The Morgan fingerprint density at radius 3 is 2.15 bits per heavy atom. The van der Waals surface area contributed by atoms with Crippen LogP contribution < -0.4 is 5.56 Å². The van der Waals surface area contributed by atoms with E-state index in [1.165, 1.54) is 4.68 Å². The summed E-state index contributed by atoms with van der Waals surface area (Å²) in [5.74, 6) is 0. The molecule has 2 aromatic heterocycles. The highest BCUT2D eigenvalue weighted by molar-refractivity contribution is 5.69.